The summed E-state index contributed by atoms with van der Waals surface area (Å²) in [6, 6.07) is 4.63. The Bertz CT molecular complexity index is 2870. The first-order chi connectivity index (χ1) is 34.9. The molecule has 3 aliphatic carbocycles. The van der Waals surface area contributed by atoms with Crippen LogP contribution in [0.2, 0.25) is 0 Å². The lowest BCUT2D eigenvalue weighted by Crippen LogP contribution is -2.72. The zero-order valence-corrected chi connectivity index (χ0v) is 42.7. The van der Waals surface area contributed by atoms with E-state index in [9.17, 15) is 39.6 Å². The number of hydrogen-bond donors (Lipinski definition) is 6. The fraction of sp³-hybridized carbons (Fsp3) is 0.500. The van der Waals surface area contributed by atoms with E-state index in [4.69, 9.17) is 28.4 Å². The van der Waals surface area contributed by atoms with Crippen molar-refractivity contribution in [2.24, 2.45) is 11.8 Å². The van der Waals surface area contributed by atoms with Crippen LogP contribution in [0.3, 0.4) is 0 Å². The molecule has 74 heavy (non-hydrogen) atoms. The topological polar surface area (TPSA) is 263 Å². The summed E-state index contributed by atoms with van der Waals surface area (Å²) in [5, 5.41) is 45.7. The van der Waals surface area contributed by atoms with E-state index in [2.05, 4.69) is 16.7 Å². The van der Waals surface area contributed by atoms with Gasteiger partial charge in [-0.3, -0.25) is 29.3 Å². The Morgan fingerprint density at radius 3 is 2.30 bits per heavy atom. The van der Waals surface area contributed by atoms with Gasteiger partial charge in [0.15, 0.2) is 28.5 Å². The Labute approximate surface area is 428 Å². The van der Waals surface area contributed by atoms with Crippen molar-refractivity contribution in [2.45, 2.75) is 159 Å². The first-order valence-electron chi connectivity index (χ1n) is 25.1. The van der Waals surface area contributed by atoms with Gasteiger partial charge < -0.3 is 54.2 Å². The normalized spacial score (nSPS) is 32.2. The number of amides is 3. The molecule has 5 aliphatic heterocycles. The average molecular weight is 1020 g/mol. The summed E-state index contributed by atoms with van der Waals surface area (Å²) in [7, 11) is 0. The number of Topliss-reactive ketones (excluding diaryl/α,β-unsaturated/α-hetero) is 2. The fourth-order valence-electron chi connectivity index (χ4n) is 11.5. The van der Waals surface area contributed by atoms with Gasteiger partial charge in [-0.25, -0.2) is 4.79 Å². The minimum atomic E-state index is -1.84. The molecule has 4 fully saturated rings. The Hall–Kier alpha value is -6.28. The van der Waals surface area contributed by atoms with E-state index in [1.54, 1.807) is 25.2 Å². The van der Waals surface area contributed by atoms with E-state index >= 15 is 9.59 Å². The molecule has 3 saturated heterocycles. The highest BCUT2D eigenvalue weighted by Gasteiger charge is 2.81. The molecule has 0 radical (unpaired) electrons. The second-order valence-electron chi connectivity index (χ2n) is 21.6. The molecule has 8 aliphatic rings. The van der Waals surface area contributed by atoms with E-state index in [0.29, 0.717) is 36.1 Å². The second-order valence-corrected chi connectivity index (χ2v) is 21.6. The quantitative estimate of drug-likeness (QED) is 0.0490. The minimum Gasteiger partial charge on any atom is -0.482 e. The first kappa shape index (κ1) is 52.6. The third-order valence-corrected chi connectivity index (χ3v) is 15.4. The third-order valence-electron chi connectivity index (χ3n) is 15.4. The number of imide groups is 1. The van der Waals surface area contributed by atoms with Crippen LogP contribution >= 0.6 is 0 Å². The second kappa shape index (κ2) is 19.5. The lowest BCUT2D eigenvalue weighted by molar-refractivity contribution is -0.277. The van der Waals surface area contributed by atoms with E-state index in [1.807, 2.05) is 60.6 Å². The van der Waals surface area contributed by atoms with Gasteiger partial charge in [-0.1, -0.05) is 35.5 Å². The molecule has 6 N–H and O–H groups in total. The first-order valence-corrected chi connectivity index (χ1v) is 25.1. The van der Waals surface area contributed by atoms with Gasteiger partial charge in [-0.15, -0.1) is 0 Å². The Kier molecular flexibility index (Phi) is 13.8. The van der Waals surface area contributed by atoms with Crippen molar-refractivity contribution in [3.8, 4) is 23.0 Å². The average Bonchev–Trinajstić information content (AvgIpc) is 3.56. The predicted molar refractivity (Wildman–Crippen MR) is 265 cm³/mol. The number of fused-ring (bicyclic) bond motifs is 2. The van der Waals surface area contributed by atoms with E-state index in [1.165, 1.54) is 24.3 Å². The van der Waals surface area contributed by atoms with Crippen LogP contribution in [0.15, 0.2) is 76.9 Å². The fourth-order valence-corrected chi connectivity index (χ4v) is 11.5. The number of nitrogens with one attached hydrogen (secondary N) is 2. The summed E-state index contributed by atoms with van der Waals surface area (Å²) in [5.41, 5.74) is -2.35. The molecule has 10 rings (SSSR count). The highest BCUT2D eigenvalue weighted by molar-refractivity contribution is 6.19. The number of carbonyl (C=O) groups excluding carboxylic acids is 6. The maximum atomic E-state index is 15.9. The third kappa shape index (κ3) is 8.92. The van der Waals surface area contributed by atoms with Crippen molar-refractivity contribution < 1.29 is 77.6 Å². The molecular weight excluding hydrogens is 957 g/mol. The van der Waals surface area contributed by atoms with Gasteiger partial charge in [0.2, 0.25) is 24.0 Å². The number of rotatable bonds is 14. The largest absolute Gasteiger partial charge is 0.482 e. The summed E-state index contributed by atoms with van der Waals surface area (Å²) in [6.07, 6.45) is 5.05. The number of carbonyl (C=O) groups is 6. The van der Waals surface area contributed by atoms with Gasteiger partial charge in [-0.05, 0) is 124 Å². The number of esters is 1. The van der Waals surface area contributed by atoms with Gasteiger partial charge in [0, 0.05) is 41.4 Å². The zero-order valence-electron chi connectivity index (χ0n) is 42.7. The van der Waals surface area contributed by atoms with Crippen molar-refractivity contribution in [1.29, 1.82) is 0 Å². The van der Waals surface area contributed by atoms with E-state index in [-0.39, 0.29) is 71.0 Å². The number of aliphatic hydroxyl groups excluding tert-OH is 4. The number of ether oxygens (including phenoxy) is 6. The van der Waals surface area contributed by atoms with Crippen LogP contribution < -0.4 is 29.6 Å². The number of aliphatic hydroxyl groups is 4. The van der Waals surface area contributed by atoms with Crippen LogP contribution in [0.5, 0.6) is 23.0 Å². The van der Waals surface area contributed by atoms with Crippen molar-refractivity contribution in [1.82, 2.24) is 10.6 Å². The molecule has 2 aromatic carbocycles. The Morgan fingerprint density at radius 1 is 0.905 bits per heavy atom. The molecule has 1 saturated carbocycles. The molecule has 6 unspecified atom stereocenters. The summed E-state index contributed by atoms with van der Waals surface area (Å²) in [4.78, 5) is 83.5. The smallest absolute Gasteiger partial charge is 0.343 e. The van der Waals surface area contributed by atoms with Crippen LogP contribution in [-0.2, 0) is 35.1 Å². The Morgan fingerprint density at radius 2 is 1.62 bits per heavy atom. The molecule has 4 bridgehead atoms. The monoisotopic (exact) mass is 1020 g/mol. The molecular formula is C56H64N2O16. The van der Waals surface area contributed by atoms with Crippen molar-refractivity contribution in [3.05, 3.63) is 99.2 Å². The maximum Gasteiger partial charge on any atom is 0.343 e. The van der Waals surface area contributed by atoms with Crippen LogP contribution in [0, 0.1) is 11.8 Å². The molecule has 2 aromatic rings. The van der Waals surface area contributed by atoms with Gasteiger partial charge in [0.25, 0.3) is 0 Å². The predicted octanol–water partition coefficient (Wildman–Crippen LogP) is 4.77. The van der Waals surface area contributed by atoms with Crippen molar-refractivity contribution in [3.63, 3.8) is 0 Å². The molecule has 3 amide bonds. The van der Waals surface area contributed by atoms with Gasteiger partial charge >= 0.3 is 5.97 Å². The lowest BCUT2D eigenvalue weighted by Gasteiger charge is -2.56. The summed E-state index contributed by atoms with van der Waals surface area (Å²) in [5.74, 6) is -4.41. The molecule has 0 aromatic heterocycles. The molecule has 1 spiro atoms. The van der Waals surface area contributed by atoms with Crippen LogP contribution in [-0.4, -0.2) is 121 Å². The molecule has 394 valence electrons. The summed E-state index contributed by atoms with van der Waals surface area (Å²) >= 11 is 0. The summed E-state index contributed by atoms with van der Waals surface area (Å²) in [6.45, 7) is 14.4. The zero-order chi connectivity index (χ0) is 53.4. The number of allylic oxidation sites excluding steroid dienone is 5. The van der Waals surface area contributed by atoms with E-state index in [0.717, 1.165) is 11.1 Å². The highest BCUT2D eigenvalue weighted by Crippen LogP contribution is 2.69. The van der Waals surface area contributed by atoms with Crippen molar-refractivity contribution >= 4 is 41.3 Å². The molecule has 18 heteroatoms. The standard InChI is InChI=1S/C56H64N2O16/c1-27(2)10-9-21-54(8)22-20-34-45(72-54)33(16-11-28(3)4)47-40(46(34)71-51(68)30-12-14-32(15-13-30)69-52-44(64)43(63)42(62)37(26-59)70-52)41(61)35-24-31-25-38-53(6,7)74-55(48(31)65,56(35,38)73-47)23-19-29(5)49(66)57-36-17-18-39(60)58-50(36)67/h10-15,19-20,22,24,31,36-38,42-44,52,59,62-64H,9,16-18,21,23,25-26H2,1-8H3,(H,57,66)(H,58,60,67)/t31?,36?,37-,38?,42-,43-,44-,52-,54?,55?,56?/m1/s1. The Balaban J connectivity index is 1.14. The van der Waals surface area contributed by atoms with Gasteiger partial charge in [0.1, 0.15) is 58.9 Å². The lowest BCUT2D eigenvalue weighted by atomic mass is 9.51. The van der Waals surface area contributed by atoms with Crippen LogP contribution in [0.25, 0.3) is 6.08 Å². The SMILES string of the molecule is CC(C)=CCCC1(C)C=Cc2c(c(CC=C(C)C)c3c(c2OC(=O)c2ccc(O[C@@H]4O[C@H](CO)[C@@H](O)[C@@H](O)[C@H]4O)cc2)C(=O)C2=CC4CC5C(C)(C)OC(CC=C(C)C(=O)NC6CCC(=O)NC6=O)(C4=O)C25O3)O1. The number of hydrogen-bond acceptors (Lipinski definition) is 16. The van der Waals surface area contributed by atoms with Crippen LogP contribution in [0.4, 0.5) is 0 Å². The number of ketones is 2. The number of piperidine rings is 1. The minimum absolute atomic E-state index is 0.0210. The van der Waals surface area contributed by atoms with Gasteiger partial charge in [-0.2, -0.15) is 0 Å². The summed E-state index contributed by atoms with van der Waals surface area (Å²) < 4.78 is 39.1. The van der Waals surface area contributed by atoms with Crippen molar-refractivity contribution in [2.75, 3.05) is 6.61 Å². The molecule has 11 atom stereocenters. The molecule has 5 heterocycles. The maximum absolute atomic E-state index is 15.9. The van der Waals surface area contributed by atoms with E-state index < -0.39 is 107 Å². The van der Waals surface area contributed by atoms with Crippen LogP contribution in [0.1, 0.15) is 126 Å². The van der Waals surface area contributed by atoms with Gasteiger partial charge in [0.05, 0.1) is 23.3 Å². The number of benzene rings is 2. The molecule has 18 nitrogen and oxygen atoms in total. The highest BCUT2D eigenvalue weighted by atomic mass is 16.7.